The van der Waals surface area contributed by atoms with Crippen molar-refractivity contribution in [3.8, 4) is 0 Å². The SMILES string of the molecule is CCCC(N)C(=O)Nc1cc(C)c([N+](=O)[O-])cc1C. The van der Waals surface area contributed by atoms with Crippen molar-refractivity contribution in [3.63, 3.8) is 0 Å². The molecule has 1 atom stereocenters. The topological polar surface area (TPSA) is 98.3 Å². The van der Waals surface area contributed by atoms with Crippen molar-refractivity contribution in [2.24, 2.45) is 5.73 Å². The molecule has 1 aromatic rings. The molecule has 0 aliphatic rings. The summed E-state index contributed by atoms with van der Waals surface area (Å²) >= 11 is 0. The van der Waals surface area contributed by atoms with Crippen molar-refractivity contribution < 1.29 is 9.72 Å². The maximum Gasteiger partial charge on any atom is 0.272 e. The van der Waals surface area contributed by atoms with E-state index in [0.717, 1.165) is 6.42 Å². The van der Waals surface area contributed by atoms with E-state index in [1.807, 2.05) is 6.92 Å². The molecule has 19 heavy (non-hydrogen) atoms. The first kappa shape index (κ1) is 15.1. The van der Waals surface area contributed by atoms with Gasteiger partial charge in [0.05, 0.1) is 11.0 Å². The van der Waals surface area contributed by atoms with Gasteiger partial charge in [0.2, 0.25) is 5.91 Å². The number of aryl methyl sites for hydroxylation is 2. The summed E-state index contributed by atoms with van der Waals surface area (Å²) < 4.78 is 0. The van der Waals surface area contributed by atoms with Crippen LogP contribution in [0, 0.1) is 24.0 Å². The van der Waals surface area contributed by atoms with Crippen molar-refractivity contribution in [3.05, 3.63) is 33.4 Å². The van der Waals surface area contributed by atoms with Crippen molar-refractivity contribution in [1.29, 1.82) is 0 Å². The van der Waals surface area contributed by atoms with E-state index in [1.54, 1.807) is 19.9 Å². The van der Waals surface area contributed by atoms with Gasteiger partial charge >= 0.3 is 0 Å². The summed E-state index contributed by atoms with van der Waals surface area (Å²) in [7, 11) is 0. The molecule has 0 aliphatic heterocycles. The van der Waals surface area contributed by atoms with Crippen LogP contribution in [0.4, 0.5) is 11.4 Å². The maximum atomic E-state index is 11.8. The molecule has 0 radical (unpaired) electrons. The van der Waals surface area contributed by atoms with E-state index < -0.39 is 11.0 Å². The monoisotopic (exact) mass is 265 g/mol. The minimum absolute atomic E-state index is 0.0494. The van der Waals surface area contributed by atoms with E-state index in [2.05, 4.69) is 5.32 Å². The molecule has 0 saturated carbocycles. The number of rotatable bonds is 5. The average molecular weight is 265 g/mol. The van der Waals surface area contributed by atoms with E-state index in [-0.39, 0.29) is 11.6 Å². The number of nitrogens with two attached hydrogens (primary N) is 1. The number of nitrogens with one attached hydrogen (secondary N) is 1. The van der Waals surface area contributed by atoms with Crippen LogP contribution in [0.15, 0.2) is 12.1 Å². The van der Waals surface area contributed by atoms with Crippen molar-refractivity contribution in [2.75, 3.05) is 5.32 Å². The molecule has 0 aliphatic carbocycles. The van der Waals surface area contributed by atoms with Crippen LogP contribution in [-0.4, -0.2) is 16.9 Å². The Balaban J connectivity index is 2.94. The van der Waals surface area contributed by atoms with E-state index in [1.165, 1.54) is 6.07 Å². The van der Waals surface area contributed by atoms with E-state index in [0.29, 0.717) is 23.2 Å². The molecule has 104 valence electrons. The van der Waals surface area contributed by atoms with Crippen LogP contribution in [0.5, 0.6) is 0 Å². The average Bonchev–Trinajstić information content (AvgIpc) is 2.33. The normalized spacial score (nSPS) is 12.0. The molecule has 1 rings (SSSR count). The van der Waals surface area contributed by atoms with Crippen molar-refractivity contribution in [2.45, 2.75) is 39.7 Å². The fourth-order valence-electron chi connectivity index (χ4n) is 1.80. The first-order valence-electron chi connectivity index (χ1n) is 6.18. The fraction of sp³-hybridized carbons (Fsp3) is 0.462. The zero-order valence-corrected chi connectivity index (χ0v) is 11.4. The molecule has 1 unspecified atom stereocenters. The lowest BCUT2D eigenvalue weighted by atomic mass is 10.1. The van der Waals surface area contributed by atoms with E-state index in [4.69, 9.17) is 5.73 Å². The molecule has 3 N–H and O–H groups in total. The van der Waals surface area contributed by atoms with Gasteiger partial charge in [0.1, 0.15) is 0 Å². The molecule has 0 spiro atoms. The highest BCUT2D eigenvalue weighted by atomic mass is 16.6. The number of nitro groups is 1. The predicted octanol–water partition coefficient (Wildman–Crippen LogP) is 2.28. The molecule has 6 nitrogen and oxygen atoms in total. The second-order valence-electron chi connectivity index (χ2n) is 4.60. The lowest BCUT2D eigenvalue weighted by molar-refractivity contribution is -0.385. The number of hydrogen-bond acceptors (Lipinski definition) is 4. The van der Waals surface area contributed by atoms with Gasteiger partial charge in [-0.15, -0.1) is 0 Å². The molecular weight excluding hydrogens is 246 g/mol. The Hall–Kier alpha value is -1.95. The lowest BCUT2D eigenvalue weighted by Crippen LogP contribution is -2.35. The second kappa shape index (κ2) is 6.29. The fourth-order valence-corrected chi connectivity index (χ4v) is 1.80. The molecule has 0 aromatic heterocycles. The van der Waals surface area contributed by atoms with Gasteiger partial charge in [0, 0.05) is 17.3 Å². The summed E-state index contributed by atoms with van der Waals surface area (Å²) in [6.07, 6.45) is 1.43. The molecule has 0 fully saturated rings. The molecule has 0 bridgehead atoms. The summed E-state index contributed by atoms with van der Waals surface area (Å²) in [5.41, 5.74) is 7.50. The third-order valence-corrected chi connectivity index (χ3v) is 2.93. The van der Waals surface area contributed by atoms with Crippen molar-refractivity contribution in [1.82, 2.24) is 0 Å². The van der Waals surface area contributed by atoms with Crippen LogP contribution in [-0.2, 0) is 4.79 Å². The zero-order chi connectivity index (χ0) is 14.6. The van der Waals surface area contributed by atoms with Gasteiger partial charge in [-0.05, 0) is 31.9 Å². The van der Waals surface area contributed by atoms with Crippen LogP contribution in [0.2, 0.25) is 0 Å². The van der Waals surface area contributed by atoms with Crippen molar-refractivity contribution >= 4 is 17.3 Å². The minimum Gasteiger partial charge on any atom is -0.324 e. The summed E-state index contributed by atoms with van der Waals surface area (Å²) in [5.74, 6) is -0.266. The standard InChI is InChI=1S/C13H19N3O3/c1-4-5-10(14)13(17)15-11-6-9(3)12(16(18)19)7-8(11)2/h6-7,10H,4-5,14H2,1-3H3,(H,15,17). The summed E-state index contributed by atoms with van der Waals surface area (Å²) in [4.78, 5) is 22.2. The van der Waals surface area contributed by atoms with Crippen LogP contribution in [0.3, 0.4) is 0 Å². The molecule has 6 heteroatoms. The van der Waals surface area contributed by atoms with Crippen LogP contribution in [0.1, 0.15) is 30.9 Å². The maximum absolute atomic E-state index is 11.8. The Bertz CT molecular complexity index is 500. The first-order chi connectivity index (χ1) is 8.86. The number of hydrogen-bond donors (Lipinski definition) is 2. The molecule has 1 amide bonds. The van der Waals surface area contributed by atoms with Gasteiger partial charge in [-0.2, -0.15) is 0 Å². The van der Waals surface area contributed by atoms with Crippen LogP contribution >= 0.6 is 0 Å². The van der Waals surface area contributed by atoms with Gasteiger partial charge in [-0.25, -0.2) is 0 Å². The van der Waals surface area contributed by atoms with Gasteiger partial charge in [0.15, 0.2) is 0 Å². The number of anilines is 1. The van der Waals surface area contributed by atoms with Gasteiger partial charge in [-0.1, -0.05) is 13.3 Å². The Kier molecular flexibility index (Phi) is 5.00. The highest BCUT2D eigenvalue weighted by Gasteiger charge is 2.17. The molecule has 0 saturated heterocycles. The number of nitrogens with zero attached hydrogens (tertiary/aromatic N) is 1. The Morgan fingerprint density at radius 2 is 2.05 bits per heavy atom. The minimum atomic E-state index is -0.556. The third-order valence-electron chi connectivity index (χ3n) is 2.93. The number of amides is 1. The van der Waals surface area contributed by atoms with Crippen LogP contribution < -0.4 is 11.1 Å². The number of nitro benzene ring substituents is 1. The number of benzene rings is 1. The molecule has 1 aromatic carbocycles. The van der Waals surface area contributed by atoms with E-state index in [9.17, 15) is 14.9 Å². The highest BCUT2D eigenvalue weighted by molar-refractivity contribution is 5.95. The van der Waals surface area contributed by atoms with Crippen LogP contribution in [0.25, 0.3) is 0 Å². The third kappa shape index (κ3) is 3.75. The quantitative estimate of drug-likeness (QED) is 0.630. The summed E-state index contributed by atoms with van der Waals surface area (Å²) in [6, 6.07) is 2.50. The lowest BCUT2D eigenvalue weighted by Gasteiger charge is -2.13. The van der Waals surface area contributed by atoms with E-state index >= 15 is 0 Å². The predicted molar refractivity (Wildman–Crippen MR) is 74.1 cm³/mol. The summed E-state index contributed by atoms with van der Waals surface area (Å²) in [5, 5.41) is 13.5. The first-order valence-corrected chi connectivity index (χ1v) is 6.18. The number of carbonyl (C=O) groups is 1. The Morgan fingerprint density at radius 1 is 1.42 bits per heavy atom. The summed E-state index contributed by atoms with van der Waals surface area (Å²) in [6.45, 7) is 5.31. The zero-order valence-electron chi connectivity index (χ0n) is 11.4. The highest BCUT2D eigenvalue weighted by Crippen LogP contribution is 2.26. The van der Waals surface area contributed by atoms with Gasteiger partial charge in [-0.3, -0.25) is 14.9 Å². The largest absolute Gasteiger partial charge is 0.324 e. The Labute approximate surface area is 112 Å². The van der Waals surface area contributed by atoms with Gasteiger partial charge < -0.3 is 11.1 Å². The molecular formula is C13H19N3O3. The smallest absolute Gasteiger partial charge is 0.272 e. The van der Waals surface area contributed by atoms with Gasteiger partial charge in [0.25, 0.3) is 5.69 Å². The molecule has 0 heterocycles. The second-order valence-corrected chi connectivity index (χ2v) is 4.60. The number of carbonyl (C=O) groups excluding carboxylic acids is 1. The Morgan fingerprint density at radius 3 is 2.58 bits per heavy atom.